The van der Waals surface area contributed by atoms with Crippen LogP contribution in [0.4, 0.5) is 0 Å². The minimum Gasteiger partial charge on any atom is -0.494 e. The maximum absolute atomic E-state index is 9.47. The number of rotatable bonds is 6. The van der Waals surface area contributed by atoms with Crippen LogP contribution in [0, 0.1) is 0 Å². The van der Waals surface area contributed by atoms with Gasteiger partial charge in [-0.3, -0.25) is 0 Å². The summed E-state index contributed by atoms with van der Waals surface area (Å²) in [7, 11) is 0. The number of hydrogen-bond acceptors (Lipinski definition) is 6. The summed E-state index contributed by atoms with van der Waals surface area (Å²) in [5.41, 5.74) is 2.52. The van der Waals surface area contributed by atoms with Gasteiger partial charge in [-0.2, -0.15) is 4.68 Å². The van der Waals surface area contributed by atoms with E-state index in [1.165, 1.54) is 11.3 Å². The van der Waals surface area contributed by atoms with Crippen LogP contribution in [0.5, 0.6) is 5.75 Å². The molecule has 0 aliphatic carbocycles. The number of thiazole rings is 1. The van der Waals surface area contributed by atoms with Gasteiger partial charge in [0.2, 0.25) is 5.13 Å². The van der Waals surface area contributed by atoms with E-state index in [2.05, 4.69) is 15.3 Å². The molecule has 2 heterocycles. The molecular weight excluding hydrogens is 300 g/mol. The summed E-state index contributed by atoms with van der Waals surface area (Å²) in [6.45, 7) is 2.46. The van der Waals surface area contributed by atoms with Crippen molar-refractivity contribution in [3.8, 4) is 10.9 Å². The first-order chi connectivity index (χ1) is 10.8. The molecule has 22 heavy (non-hydrogen) atoms. The molecule has 0 aliphatic rings. The topological polar surface area (TPSA) is 73.1 Å². The first-order valence-electron chi connectivity index (χ1n) is 6.97. The number of aliphatic hydroxyl groups is 1. The normalized spacial score (nSPS) is 10.8. The molecule has 0 unspecified atom stereocenters. The Kier molecular flexibility index (Phi) is 4.45. The highest BCUT2D eigenvalue weighted by Crippen LogP contribution is 2.20. The first kappa shape index (κ1) is 14.7. The summed E-state index contributed by atoms with van der Waals surface area (Å²) in [6.07, 6.45) is 2.34. The van der Waals surface area contributed by atoms with Crippen LogP contribution in [0.2, 0.25) is 0 Å². The van der Waals surface area contributed by atoms with Crippen molar-refractivity contribution in [3.05, 3.63) is 52.8 Å². The van der Waals surface area contributed by atoms with Gasteiger partial charge in [0.15, 0.2) is 0 Å². The molecular formula is C15H16N4O2S. The Labute approximate surface area is 132 Å². The van der Waals surface area contributed by atoms with Gasteiger partial charge in [0.1, 0.15) is 11.4 Å². The van der Waals surface area contributed by atoms with Crippen molar-refractivity contribution < 1.29 is 9.84 Å². The predicted octanol–water partition coefficient (Wildman–Crippen LogP) is 2.21. The molecule has 1 N–H and O–H groups in total. The van der Waals surface area contributed by atoms with Gasteiger partial charge in [-0.25, -0.2) is 4.98 Å². The molecule has 2 aromatic heterocycles. The number of ether oxygens (including phenoxy) is 1. The first-order valence-corrected chi connectivity index (χ1v) is 7.85. The Morgan fingerprint density at radius 2 is 2.09 bits per heavy atom. The van der Waals surface area contributed by atoms with Crippen LogP contribution in [0.3, 0.4) is 0 Å². The van der Waals surface area contributed by atoms with Crippen LogP contribution in [0.1, 0.15) is 23.9 Å². The van der Waals surface area contributed by atoms with Crippen molar-refractivity contribution in [2.75, 3.05) is 6.61 Å². The average Bonchev–Trinajstić information content (AvgIpc) is 3.18. The van der Waals surface area contributed by atoms with Crippen LogP contribution in [-0.2, 0) is 13.0 Å². The fraction of sp³-hybridized carbons (Fsp3) is 0.267. The minimum atomic E-state index is -0.141. The number of hydrogen-bond donors (Lipinski definition) is 1. The van der Waals surface area contributed by atoms with Gasteiger partial charge in [-0.15, -0.1) is 16.4 Å². The van der Waals surface area contributed by atoms with Gasteiger partial charge >= 0.3 is 0 Å². The molecule has 3 rings (SSSR count). The highest BCUT2D eigenvalue weighted by molar-refractivity contribution is 7.12. The highest BCUT2D eigenvalue weighted by atomic mass is 32.1. The Hall–Kier alpha value is -2.25. The number of nitrogens with zero attached hydrogens (tertiary/aromatic N) is 4. The van der Waals surface area contributed by atoms with Crippen molar-refractivity contribution in [2.24, 2.45) is 0 Å². The van der Waals surface area contributed by atoms with Gasteiger partial charge in [0, 0.05) is 18.0 Å². The summed E-state index contributed by atoms with van der Waals surface area (Å²) in [5.74, 6) is 0.847. The lowest BCUT2D eigenvalue weighted by atomic mass is 10.1. The van der Waals surface area contributed by atoms with Crippen molar-refractivity contribution >= 4 is 11.3 Å². The predicted molar refractivity (Wildman–Crippen MR) is 83.4 cm³/mol. The molecule has 0 spiro atoms. The minimum absolute atomic E-state index is 0.141. The maximum atomic E-state index is 9.47. The van der Waals surface area contributed by atoms with Crippen LogP contribution in [-0.4, -0.2) is 31.7 Å². The average molecular weight is 316 g/mol. The molecule has 114 valence electrons. The molecule has 0 saturated carbocycles. The molecule has 7 heteroatoms. The van der Waals surface area contributed by atoms with Gasteiger partial charge in [0.25, 0.3) is 0 Å². The Balaban J connectivity index is 1.89. The standard InChI is InChI=1S/C15H16N4O2S/c1-2-21-12-5-3-11(4-6-12)9-14-13(10-20)17-18-19(14)15-16-7-8-22-15/h3-8,20H,2,9-10H2,1H3. The fourth-order valence-electron chi connectivity index (χ4n) is 2.17. The molecule has 1 aromatic carbocycles. The van der Waals surface area contributed by atoms with Crippen LogP contribution < -0.4 is 4.74 Å². The van der Waals surface area contributed by atoms with Crippen LogP contribution in [0.25, 0.3) is 5.13 Å². The highest BCUT2D eigenvalue weighted by Gasteiger charge is 2.15. The van der Waals surface area contributed by atoms with E-state index in [4.69, 9.17) is 4.74 Å². The zero-order valence-electron chi connectivity index (χ0n) is 12.1. The Morgan fingerprint density at radius 3 is 2.73 bits per heavy atom. The van der Waals surface area contributed by atoms with Crippen molar-refractivity contribution in [2.45, 2.75) is 20.0 Å². The second-order valence-electron chi connectivity index (χ2n) is 4.62. The van der Waals surface area contributed by atoms with E-state index in [0.29, 0.717) is 18.7 Å². The summed E-state index contributed by atoms with van der Waals surface area (Å²) in [6, 6.07) is 7.89. The van der Waals surface area contributed by atoms with Gasteiger partial charge in [0.05, 0.1) is 18.9 Å². The van der Waals surface area contributed by atoms with Gasteiger partial charge in [-0.1, -0.05) is 17.3 Å². The Morgan fingerprint density at radius 1 is 1.27 bits per heavy atom. The SMILES string of the molecule is CCOc1ccc(Cc2c(CO)nnn2-c2nccs2)cc1. The second-order valence-corrected chi connectivity index (χ2v) is 5.49. The summed E-state index contributed by atoms with van der Waals surface area (Å²) < 4.78 is 7.13. The fourth-order valence-corrected chi connectivity index (χ4v) is 2.78. The molecule has 0 radical (unpaired) electrons. The molecule has 0 atom stereocenters. The lowest BCUT2D eigenvalue weighted by Crippen LogP contribution is -2.04. The lowest BCUT2D eigenvalue weighted by Gasteiger charge is -2.07. The molecule has 0 amide bonds. The van der Waals surface area contributed by atoms with Gasteiger partial charge < -0.3 is 9.84 Å². The quantitative estimate of drug-likeness (QED) is 0.755. The molecule has 6 nitrogen and oxygen atoms in total. The molecule has 0 fully saturated rings. The third-order valence-electron chi connectivity index (χ3n) is 3.20. The second kappa shape index (κ2) is 6.67. The van der Waals surface area contributed by atoms with Crippen LogP contribution >= 0.6 is 11.3 Å². The van der Waals surface area contributed by atoms with Crippen LogP contribution in [0.15, 0.2) is 35.8 Å². The summed E-state index contributed by atoms with van der Waals surface area (Å²) in [5, 5.41) is 20.2. The Bertz CT molecular complexity index is 723. The number of benzene rings is 1. The van der Waals surface area contributed by atoms with E-state index in [-0.39, 0.29) is 6.61 Å². The molecule has 0 aliphatic heterocycles. The molecule has 0 saturated heterocycles. The monoisotopic (exact) mass is 316 g/mol. The van der Waals surface area contributed by atoms with Gasteiger partial charge in [-0.05, 0) is 24.6 Å². The number of aliphatic hydroxyl groups excluding tert-OH is 1. The zero-order valence-corrected chi connectivity index (χ0v) is 13.0. The van der Waals surface area contributed by atoms with E-state index < -0.39 is 0 Å². The summed E-state index contributed by atoms with van der Waals surface area (Å²) in [4.78, 5) is 4.25. The van der Waals surface area contributed by atoms with Crippen molar-refractivity contribution in [3.63, 3.8) is 0 Å². The van der Waals surface area contributed by atoms with Crippen molar-refractivity contribution in [1.82, 2.24) is 20.0 Å². The third-order valence-corrected chi connectivity index (χ3v) is 3.95. The van der Waals surface area contributed by atoms with Crippen molar-refractivity contribution in [1.29, 1.82) is 0 Å². The maximum Gasteiger partial charge on any atom is 0.211 e. The number of aromatic nitrogens is 4. The molecule has 0 bridgehead atoms. The molecule has 3 aromatic rings. The lowest BCUT2D eigenvalue weighted by molar-refractivity contribution is 0.275. The van der Waals surface area contributed by atoms with E-state index in [1.54, 1.807) is 10.9 Å². The van der Waals surface area contributed by atoms with E-state index in [0.717, 1.165) is 22.1 Å². The van der Waals surface area contributed by atoms with E-state index >= 15 is 0 Å². The summed E-state index contributed by atoms with van der Waals surface area (Å²) >= 11 is 1.48. The largest absolute Gasteiger partial charge is 0.494 e. The van der Waals surface area contributed by atoms with E-state index in [9.17, 15) is 5.11 Å². The third kappa shape index (κ3) is 3.00. The smallest absolute Gasteiger partial charge is 0.211 e. The zero-order chi connectivity index (χ0) is 15.4. The van der Waals surface area contributed by atoms with E-state index in [1.807, 2.05) is 36.6 Å².